The second-order valence-electron chi connectivity index (χ2n) is 7.68. The van der Waals surface area contributed by atoms with E-state index in [4.69, 9.17) is 9.47 Å². The van der Waals surface area contributed by atoms with Gasteiger partial charge in [-0.1, -0.05) is 36.0 Å². The van der Waals surface area contributed by atoms with Crippen LogP contribution in [0.3, 0.4) is 0 Å². The number of carbonyl (C=O) groups excluding carboxylic acids is 1. The minimum atomic E-state index is -0.300. The number of thiazole rings is 1. The highest BCUT2D eigenvalue weighted by Crippen LogP contribution is 2.50. The van der Waals surface area contributed by atoms with Gasteiger partial charge in [0, 0.05) is 21.4 Å². The lowest BCUT2D eigenvalue weighted by atomic mass is 10.1. The van der Waals surface area contributed by atoms with Crippen LogP contribution in [0.4, 0.5) is 11.4 Å². The minimum Gasteiger partial charge on any atom is -0.496 e. The van der Waals surface area contributed by atoms with Crippen LogP contribution < -0.4 is 9.64 Å². The van der Waals surface area contributed by atoms with E-state index in [1.807, 2.05) is 71.6 Å². The van der Waals surface area contributed by atoms with Gasteiger partial charge in [0.15, 0.2) is 0 Å². The molecule has 0 saturated heterocycles. The average Bonchev–Trinajstić information content (AvgIpc) is 3.31. The number of fused-ring (bicyclic) bond motifs is 3. The van der Waals surface area contributed by atoms with E-state index in [0.29, 0.717) is 22.9 Å². The molecular weight excluding hydrogens is 478 g/mol. The van der Waals surface area contributed by atoms with E-state index >= 15 is 0 Å². The molecule has 0 amide bonds. The maximum Gasteiger partial charge on any atom is 0.325 e. The van der Waals surface area contributed by atoms with Gasteiger partial charge in [-0.2, -0.15) is 5.26 Å². The van der Waals surface area contributed by atoms with Crippen molar-refractivity contribution < 1.29 is 14.3 Å². The van der Waals surface area contributed by atoms with Gasteiger partial charge in [0.2, 0.25) is 0 Å². The first-order chi connectivity index (χ1) is 17.1. The molecule has 3 aromatic carbocycles. The summed E-state index contributed by atoms with van der Waals surface area (Å²) in [7, 11) is 1.60. The van der Waals surface area contributed by atoms with Gasteiger partial charge in [-0.05, 0) is 43.3 Å². The molecule has 0 saturated carbocycles. The number of nitrogens with zero attached hydrogens (tertiary/aromatic N) is 3. The number of allylic oxidation sites excluding steroid dienone is 1. The standard InChI is InChI=1S/C27H21N3O3S2/c1-3-33-26(31)16-30-20-9-5-7-11-24(20)34-25-13-17(22(32-2)14-21(25)30)12-18(15-28)27-29-19-8-4-6-10-23(19)35-27/h4-14H,3,16H2,1-2H3/b18-12+. The van der Waals surface area contributed by atoms with Crippen molar-refractivity contribution in [2.75, 3.05) is 25.2 Å². The van der Waals surface area contributed by atoms with E-state index in [9.17, 15) is 10.1 Å². The number of methoxy groups -OCH3 is 1. The van der Waals surface area contributed by atoms with Crippen LogP contribution in [0.25, 0.3) is 21.9 Å². The molecule has 0 bridgehead atoms. The zero-order valence-corrected chi connectivity index (χ0v) is 20.8. The Kier molecular flexibility index (Phi) is 6.45. The number of nitriles is 1. The van der Waals surface area contributed by atoms with E-state index < -0.39 is 0 Å². The van der Waals surface area contributed by atoms with Crippen molar-refractivity contribution in [2.45, 2.75) is 16.7 Å². The van der Waals surface area contributed by atoms with Gasteiger partial charge in [0.25, 0.3) is 0 Å². The van der Waals surface area contributed by atoms with Crippen LogP contribution in [0.15, 0.2) is 70.5 Å². The Morgan fingerprint density at radius 3 is 2.69 bits per heavy atom. The molecule has 2 heterocycles. The fraction of sp³-hybridized carbons (Fsp3) is 0.148. The number of carbonyl (C=O) groups is 1. The molecule has 5 rings (SSSR count). The van der Waals surface area contributed by atoms with Gasteiger partial charge in [-0.15, -0.1) is 11.3 Å². The van der Waals surface area contributed by atoms with E-state index in [1.165, 1.54) is 11.3 Å². The summed E-state index contributed by atoms with van der Waals surface area (Å²) in [5.41, 5.74) is 3.90. The summed E-state index contributed by atoms with van der Waals surface area (Å²) in [6, 6.07) is 22.0. The highest BCUT2D eigenvalue weighted by atomic mass is 32.2. The Bertz CT molecular complexity index is 1470. The van der Waals surface area contributed by atoms with Crippen LogP contribution in [0.5, 0.6) is 5.75 Å². The Labute approximate surface area is 211 Å². The molecule has 0 aliphatic carbocycles. The van der Waals surface area contributed by atoms with Gasteiger partial charge in [-0.3, -0.25) is 4.79 Å². The lowest BCUT2D eigenvalue weighted by Crippen LogP contribution is -2.29. The Morgan fingerprint density at radius 2 is 1.91 bits per heavy atom. The van der Waals surface area contributed by atoms with Crippen LogP contribution in [-0.4, -0.2) is 31.2 Å². The minimum absolute atomic E-state index is 0.0892. The second kappa shape index (κ2) is 9.82. The summed E-state index contributed by atoms with van der Waals surface area (Å²) in [5.74, 6) is 0.303. The molecule has 0 spiro atoms. The third-order valence-corrected chi connectivity index (χ3v) is 7.70. The molecule has 0 unspecified atom stereocenters. The molecule has 0 fully saturated rings. The van der Waals surface area contributed by atoms with Crippen LogP contribution >= 0.6 is 23.1 Å². The van der Waals surface area contributed by atoms with Crippen molar-refractivity contribution >= 4 is 62.3 Å². The summed E-state index contributed by atoms with van der Waals surface area (Å²) in [5, 5.41) is 10.6. The van der Waals surface area contributed by atoms with Gasteiger partial charge >= 0.3 is 5.97 Å². The molecule has 1 aliphatic heterocycles. The number of hydrogen-bond acceptors (Lipinski definition) is 8. The summed E-state index contributed by atoms with van der Waals surface area (Å²) < 4.78 is 12.0. The molecule has 0 N–H and O–H groups in total. The van der Waals surface area contributed by atoms with Crippen LogP contribution in [0.1, 0.15) is 17.5 Å². The van der Waals surface area contributed by atoms with E-state index in [1.54, 1.807) is 25.8 Å². The Balaban J connectivity index is 1.60. The fourth-order valence-electron chi connectivity index (χ4n) is 3.95. The van der Waals surface area contributed by atoms with Gasteiger partial charge in [0.05, 0.1) is 40.9 Å². The smallest absolute Gasteiger partial charge is 0.325 e. The third kappa shape index (κ3) is 4.48. The van der Waals surface area contributed by atoms with Crippen molar-refractivity contribution in [1.29, 1.82) is 5.26 Å². The molecule has 8 heteroatoms. The summed E-state index contributed by atoms with van der Waals surface area (Å²) >= 11 is 3.11. The van der Waals surface area contributed by atoms with Crippen molar-refractivity contribution in [3.8, 4) is 11.8 Å². The van der Waals surface area contributed by atoms with E-state index in [2.05, 4.69) is 11.1 Å². The average molecular weight is 500 g/mol. The van der Waals surface area contributed by atoms with Crippen molar-refractivity contribution in [1.82, 2.24) is 4.98 Å². The first-order valence-electron chi connectivity index (χ1n) is 11.0. The molecule has 4 aromatic rings. The maximum absolute atomic E-state index is 12.4. The number of rotatable bonds is 6. The first-order valence-corrected chi connectivity index (χ1v) is 12.6. The number of para-hydroxylation sites is 2. The second-order valence-corrected chi connectivity index (χ2v) is 9.79. The van der Waals surface area contributed by atoms with Crippen LogP contribution in [0.2, 0.25) is 0 Å². The molecule has 0 atom stereocenters. The summed E-state index contributed by atoms with van der Waals surface area (Å²) in [6.07, 6.45) is 1.81. The molecule has 35 heavy (non-hydrogen) atoms. The normalized spacial score (nSPS) is 12.6. The SMILES string of the molecule is CCOC(=O)CN1c2ccccc2Sc2cc(/C=C(\C#N)c3nc4ccccc4s3)c(OC)cc21. The monoisotopic (exact) mass is 499 g/mol. The topological polar surface area (TPSA) is 75.5 Å². The number of hydrogen-bond donors (Lipinski definition) is 0. The zero-order chi connectivity index (χ0) is 24.4. The summed E-state index contributed by atoms with van der Waals surface area (Å²) in [6.45, 7) is 2.21. The molecule has 1 aliphatic rings. The molecule has 0 radical (unpaired) electrons. The molecule has 1 aromatic heterocycles. The van der Waals surface area contributed by atoms with Crippen molar-refractivity contribution in [3.63, 3.8) is 0 Å². The van der Waals surface area contributed by atoms with Gasteiger partial charge in [-0.25, -0.2) is 4.98 Å². The Morgan fingerprint density at radius 1 is 1.11 bits per heavy atom. The fourth-order valence-corrected chi connectivity index (χ4v) is 6.01. The number of esters is 1. The van der Waals surface area contributed by atoms with Crippen molar-refractivity contribution in [3.05, 3.63) is 71.2 Å². The predicted molar refractivity (Wildman–Crippen MR) is 140 cm³/mol. The number of anilines is 2. The molecule has 6 nitrogen and oxygen atoms in total. The predicted octanol–water partition coefficient (Wildman–Crippen LogP) is 6.53. The largest absolute Gasteiger partial charge is 0.496 e. The number of ether oxygens (including phenoxy) is 2. The van der Waals surface area contributed by atoms with Crippen LogP contribution in [-0.2, 0) is 9.53 Å². The van der Waals surface area contributed by atoms with Gasteiger partial charge in [0.1, 0.15) is 23.4 Å². The van der Waals surface area contributed by atoms with E-state index in [0.717, 1.165) is 36.9 Å². The van der Waals surface area contributed by atoms with Crippen molar-refractivity contribution in [2.24, 2.45) is 0 Å². The van der Waals surface area contributed by atoms with Crippen LogP contribution in [0, 0.1) is 11.3 Å². The number of benzene rings is 3. The Hall–Kier alpha value is -3.80. The highest BCUT2D eigenvalue weighted by Gasteiger charge is 2.27. The molecule has 174 valence electrons. The molecular formula is C27H21N3O3S2. The quantitative estimate of drug-likeness (QED) is 0.220. The van der Waals surface area contributed by atoms with Gasteiger partial charge < -0.3 is 14.4 Å². The van der Waals surface area contributed by atoms with E-state index in [-0.39, 0.29) is 12.5 Å². The lowest BCUT2D eigenvalue weighted by Gasteiger charge is -2.32. The first kappa shape index (κ1) is 23.0. The third-order valence-electron chi connectivity index (χ3n) is 5.52. The number of aromatic nitrogens is 1. The zero-order valence-electron chi connectivity index (χ0n) is 19.1. The highest BCUT2D eigenvalue weighted by molar-refractivity contribution is 7.99. The lowest BCUT2D eigenvalue weighted by molar-refractivity contribution is -0.141. The maximum atomic E-state index is 12.4. The summed E-state index contributed by atoms with van der Waals surface area (Å²) in [4.78, 5) is 21.0.